The summed E-state index contributed by atoms with van der Waals surface area (Å²) in [5.74, 6) is 2.18. The molecule has 5 nitrogen and oxygen atoms in total. The summed E-state index contributed by atoms with van der Waals surface area (Å²) < 4.78 is 0. The van der Waals surface area contributed by atoms with Gasteiger partial charge in [0.1, 0.15) is 0 Å². The van der Waals surface area contributed by atoms with Crippen LogP contribution in [0.4, 0.5) is 56.9 Å². The zero-order chi connectivity index (χ0) is 59.6. The Morgan fingerprint density at radius 1 is 0.247 bits per heavy atom. The molecular weight excluding hydrogens is 1030 g/mol. The van der Waals surface area contributed by atoms with Crippen LogP contribution < -0.4 is 24.5 Å². The van der Waals surface area contributed by atoms with Crippen LogP contribution in [0, 0.1) is 6.92 Å². The van der Waals surface area contributed by atoms with Gasteiger partial charge in [0.25, 0.3) is 0 Å². The minimum absolute atomic E-state index is 0.589. The first-order valence-corrected chi connectivity index (χ1v) is 30.9. The van der Waals surface area contributed by atoms with E-state index in [1.807, 2.05) is 24.3 Å². The van der Waals surface area contributed by atoms with Gasteiger partial charge in [-0.2, -0.15) is 0 Å². The number of benzene rings is 10. The van der Waals surface area contributed by atoms with Gasteiger partial charge < -0.3 is 24.5 Å². The summed E-state index contributed by atoms with van der Waals surface area (Å²) in [5.41, 5.74) is 18.0. The number of hydrogen-bond donors (Lipinski definition) is 0. The molecule has 0 saturated heterocycles. The van der Waals surface area contributed by atoms with E-state index in [9.17, 15) is 0 Å². The molecule has 10 aromatic carbocycles. The van der Waals surface area contributed by atoms with Gasteiger partial charge in [-0.3, -0.25) is 0 Å². The topological polar surface area (TPSA) is 16.2 Å². The Morgan fingerprint density at radius 3 is 0.682 bits per heavy atom. The van der Waals surface area contributed by atoms with Crippen LogP contribution in [0.25, 0.3) is 0 Å². The summed E-state index contributed by atoms with van der Waals surface area (Å²) in [6.07, 6.45) is 12.5. The van der Waals surface area contributed by atoms with Crippen LogP contribution in [0.2, 0.25) is 0 Å². The van der Waals surface area contributed by atoms with E-state index in [4.69, 9.17) is 0 Å². The lowest BCUT2D eigenvalue weighted by Gasteiger charge is -2.24. The zero-order valence-corrected chi connectivity index (χ0v) is 51.9. The molecule has 0 amide bonds. The number of para-hydroxylation sites is 6. The maximum absolute atomic E-state index is 2.32. The summed E-state index contributed by atoms with van der Waals surface area (Å²) >= 11 is 0. The number of hydrogen-bond acceptors (Lipinski definition) is 5. The molecule has 0 unspecified atom stereocenters. The fourth-order valence-corrected chi connectivity index (χ4v) is 11.1. The number of nitrogens with zero attached hydrogens (tertiary/aromatic N) is 5. The largest absolute Gasteiger partial charge is 0.345 e. The molecule has 0 aliphatic heterocycles. The second-order valence-electron chi connectivity index (χ2n) is 22.9. The number of rotatable bonds is 13. The van der Waals surface area contributed by atoms with E-state index in [1.54, 1.807) is 0 Å². The van der Waals surface area contributed by atoms with Crippen LogP contribution in [0.3, 0.4) is 0 Å². The van der Waals surface area contributed by atoms with Gasteiger partial charge in [-0.1, -0.05) is 209 Å². The molecule has 2 aliphatic rings. The standard InChI is InChI=1S/C19H23N.C18H21N.C16H19N.C14H15N.C13H13N/c1-20(18-10-6-3-7-11-18)19-14-12-17(13-15-19)16-8-4-2-5-9-16;1-19(17-9-3-2-4-10-17)18-13-11-16(12-14-18)15-7-5-6-8-15;1-13(2)14-9-11-16(12-10-14)17(3)15-7-5-4-6-8-15;1-12-8-10-14(11-9-12)15(2)13-6-4-3-5-7-13;1-14(12-8-4-2-5-9-12)13-10-6-3-7-11-13/h3,6-7,10-16H,2,4-5,8-9H2,1H3;2-4,9-15H,5-8H2,1H3;4-13H,1-3H3;3-11H,1-2H3;2-11H,1H3. The molecule has 436 valence electrons. The van der Waals surface area contributed by atoms with E-state index in [0.717, 1.165) is 11.8 Å². The molecule has 0 aromatic heterocycles. The molecule has 2 fully saturated rings. The average molecular weight is 1120 g/mol. The second kappa shape index (κ2) is 32.9. The van der Waals surface area contributed by atoms with Crippen LogP contribution in [0.5, 0.6) is 0 Å². The summed E-state index contributed by atoms with van der Waals surface area (Å²) in [5, 5.41) is 0. The monoisotopic (exact) mass is 1120 g/mol. The predicted octanol–water partition coefficient (Wildman–Crippen LogP) is 22.4. The Morgan fingerprint density at radius 2 is 0.447 bits per heavy atom. The van der Waals surface area contributed by atoms with Crippen molar-refractivity contribution in [2.75, 3.05) is 59.7 Å². The Balaban J connectivity index is 0.000000139. The van der Waals surface area contributed by atoms with E-state index < -0.39 is 0 Å². The van der Waals surface area contributed by atoms with E-state index in [1.165, 1.54) is 137 Å². The quantitative estimate of drug-likeness (QED) is 0.114. The third-order valence-corrected chi connectivity index (χ3v) is 16.7. The SMILES string of the molecule is CC(C)c1ccc(N(C)c2ccccc2)cc1.CN(c1ccccc1)c1ccc(C2CCCC2)cc1.CN(c1ccccc1)c1ccc(C2CCCCC2)cc1.CN(c1ccccc1)c1ccccc1.Cc1ccc(N(C)c2ccccc2)cc1. The highest BCUT2D eigenvalue weighted by molar-refractivity contribution is 5.66. The molecule has 0 bridgehead atoms. The van der Waals surface area contributed by atoms with Crippen molar-refractivity contribution in [2.24, 2.45) is 0 Å². The molecule has 10 aromatic rings. The first-order chi connectivity index (χ1) is 41.5. The van der Waals surface area contributed by atoms with Crippen LogP contribution >= 0.6 is 0 Å². The molecule has 85 heavy (non-hydrogen) atoms. The third kappa shape index (κ3) is 18.9. The number of aryl methyl sites for hydroxylation is 1. The van der Waals surface area contributed by atoms with E-state index in [0.29, 0.717) is 5.92 Å². The van der Waals surface area contributed by atoms with E-state index >= 15 is 0 Å². The van der Waals surface area contributed by atoms with Gasteiger partial charge in [0.15, 0.2) is 0 Å². The van der Waals surface area contributed by atoms with Crippen LogP contribution in [0.1, 0.15) is 112 Å². The zero-order valence-electron chi connectivity index (χ0n) is 51.9. The molecule has 2 saturated carbocycles. The highest BCUT2D eigenvalue weighted by atomic mass is 15.1. The minimum Gasteiger partial charge on any atom is -0.345 e. The van der Waals surface area contributed by atoms with Crippen molar-refractivity contribution in [2.45, 2.75) is 96.3 Å². The lowest BCUT2D eigenvalue weighted by molar-refractivity contribution is 0.443. The lowest BCUT2D eigenvalue weighted by atomic mass is 9.84. The van der Waals surface area contributed by atoms with E-state index in [2.05, 4.69) is 335 Å². The van der Waals surface area contributed by atoms with Crippen molar-refractivity contribution in [1.29, 1.82) is 0 Å². The molecule has 0 N–H and O–H groups in total. The molecule has 2 aliphatic carbocycles. The molecule has 12 rings (SSSR count). The predicted molar refractivity (Wildman–Crippen MR) is 371 cm³/mol. The Bertz CT molecular complexity index is 3320. The van der Waals surface area contributed by atoms with E-state index in [-0.39, 0.29) is 0 Å². The third-order valence-electron chi connectivity index (χ3n) is 16.7. The molecule has 0 spiro atoms. The minimum atomic E-state index is 0.589. The molecule has 5 heteroatoms. The van der Waals surface area contributed by atoms with Gasteiger partial charge in [-0.05, 0) is 188 Å². The maximum atomic E-state index is 2.32. The molecule has 0 heterocycles. The number of anilines is 10. The Labute approximate surface area is 511 Å². The summed E-state index contributed by atoms with van der Waals surface area (Å²) in [7, 11) is 10.5. The van der Waals surface area contributed by atoms with Gasteiger partial charge in [0.2, 0.25) is 0 Å². The van der Waals surface area contributed by atoms with Gasteiger partial charge in [0, 0.05) is 92.1 Å². The van der Waals surface area contributed by atoms with Gasteiger partial charge in [-0.15, -0.1) is 0 Å². The molecule has 0 radical (unpaired) electrons. The Kier molecular flexibility index (Phi) is 24.1. The van der Waals surface area contributed by atoms with Gasteiger partial charge in [-0.25, -0.2) is 0 Å². The maximum Gasteiger partial charge on any atom is 0.0408 e. The first kappa shape index (κ1) is 62.3. The summed E-state index contributed by atoms with van der Waals surface area (Å²) in [4.78, 5) is 11.0. The summed E-state index contributed by atoms with van der Waals surface area (Å²) in [6.45, 7) is 6.54. The molecule has 0 atom stereocenters. The van der Waals surface area contributed by atoms with Crippen LogP contribution in [0.15, 0.2) is 279 Å². The highest BCUT2D eigenvalue weighted by Gasteiger charge is 2.18. The fourth-order valence-electron chi connectivity index (χ4n) is 11.1. The first-order valence-electron chi connectivity index (χ1n) is 30.9. The lowest BCUT2D eigenvalue weighted by Crippen LogP contribution is -2.09. The highest BCUT2D eigenvalue weighted by Crippen LogP contribution is 2.37. The summed E-state index contributed by atoms with van der Waals surface area (Å²) in [6, 6.07) is 98.1. The fraction of sp³-hybridized carbons (Fsp3) is 0.250. The smallest absolute Gasteiger partial charge is 0.0408 e. The van der Waals surface area contributed by atoms with Crippen molar-refractivity contribution < 1.29 is 0 Å². The van der Waals surface area contributed by atoms with Crippen molar-refractivity contribution in [3.63, 3.8) is 0 Å². The van der Waals surface area contributed by atoms with Gasteiger partial charge >= 0.3 is 0 Å². The van der Waals surface area contributed by atoms with Crippen molar-refractivity contribution in [3.8, 4) is 0 Å². The van der Waals surface area contributed by atoms with Crippen molar-refractivity contribution in [3.05, 3.63) is 301 Å². The average Bonchev–Trinajstić information content (AvgIpc) is 4.15. The van der Waals surface area contributed by atoms with Crippen molar-refractivity contribution >= 4 is 56.9 Å². The van der Waals surface area contributed by atoms with Crippen LogP contribution in [-0.4, -0.2) is 35.2 Å². The van der Waals surface area contributed by atoms with Crippen molar-refractivity contribution in [1.82, 2.24) is 0 Å². The Hall–Kier alpha value is -8.80. The van der Waals surface area contributed by atoms with Crippen LogP contribution in [-0.2, 0) is 0 Å². The second-order valence-corrected chi connectivity index (χ2v) is 22.9. The normalized spacial score (nSPS) is 12.8. The van der Waals surface area contributed by atoms with Gasteiger partial charge in [0.05, 0.1) is 0 Å². The molecular formula is C80H91N5.